The van der Waals surface area contributed by atoms with E-state index in [1.165, 1.54) is 21.9 Å². The van der Waals surface area contributed by atoms with E-state index in [0.29, 0.717) is 0 Å². The van der Waals surface area contributed by atoms with E-state index < -0.39 is 0 Å². The largest absolute Gasteiger partial charge is 0.311 e. The molecule has 1 aromatic heterocycles. The van der Waals surface area contributed by atoms with Crippen LogP contribution in [-0.4, -0.2) is 18.4 Å². The van der Waals surface area contributed by atoms with Gasteiger partial charge in [-0.25, -0.2) is 4.98 Å². The number of anilines is 18. The Bertz CT molecular complexity index is 4300. The fraction of sp³-hybridized carbons (Fsp3) is 0. The van der Waals surface area contributed by atoms with Crippen LogP contribution in [0.1, 0.15) is 0 Å². The summed E-state index contributed by atoms with van der Waals surface area (Å²) in [5.74, 6) is 1.77. The van der Waals surface area contributed by atoms with Gasteiger partial charge >= 0.3 is 0 Å². The van der Waals surface area contributed by atoms with Crippen molar-refractivity contribution in [1.29, 1.82) is 0 Å². The Kier molecular flexibility index (Phi) is 11.6. The van der Waals surface area contributed by atoms with Crippen LogP contribution < -0.4 is 62.2 Å². The van der Waals surface area contributed by atoms with Crippen LogP contribution in [-0.2, 0) is 0 Å². The molecule has 9 heteroatoms. The number of pyridine rings is 1. The molecule has 0 aliphatic carbocycles. The number of aromatic nitrogens is 1. The Balaban J connectivity index is 0.995. The van der Waals surface area contributed by atoms with Crippen LogP contribution in [0.5, 0.6) is 0 Å². The van der Waals surface area contributed by atoms with Crippen LogP contribution >= 0.6 is 0 Å². The number of hydrogen-bond donors (Lipinski definition) is 0. The van der Waals surface area contributed by atoms with Crippen LogP contribution in [0, 0.1) is 0 Å². The highest BCUT2D eigenvalue weighted by Crippen LogP contribution is 2.51. The molecule has 4 aliphatic rings. The maximum absolute atomic E-state index is 6.35. The van der Waals surface area contributed by atoms with E-state index in [4.69, 9.17) is 4.98 Å². The summed E-state index contributed by atoms with van der Waals surface area (Å²) in [6, 6.07) is 117. The predicted octanol–water partition coefficient (Wildman–Crippen LogP) is 16.2. The van der Waals surface area contributed by atoms with Gasteiger partial charge in [-0.05, 0) is 166 Å². The van der Waals surface area contributed by atoms with E-state index in [-0.39, 0.29) is 13.4 Å². The predicted molar refractivity (Wildman–Crippen MR) is 362 cm³/mol. The Morgan fingerprint density at radius 3 is 0.791 bits per heavy atom. The molecule has 0 saturated carbocycles. The lowest BCUT2D eigenvalue weighted by molar-refractivity contribution is 1.13. The molecule has 0 amide bonds. The van der Waals surface area contributed by atoms with E-state index in [1.54, 1.807) is 0 Å². The molecule has 86 heavy (non-hydrogen) atoms. The van der Waals surface area contributed by atoms with Crippen LogP contribution in [0.25, 0.3) is 0 Å². The molecular formula is C77H53B2N7. The van der Waals surface area contributed by atoms with E-state index in [1.807, 2.05) is 0 Å². The summed E-state index contributed by atoms with van der Waals surface area (Å²) in [6.45, 7) is -0.420. The van der Waals surface area contributed by atoms with Gasteiger partial charge < -0.3 is 19.6 Å². The number of fused-ring (bicyclic) bond motifs is 8. The van der Waals surface area contributed by atoms with E-state index >= 15 is 0 Å². The zero-order valence-electron chi connectivity index (χ0n) is 46.9. The Labute approximate surface area is 502 Å². The SMILES string of the molecule is c1ccc(N(c2ccccc2)c2cc3c4c(c2)N(c2ccccc2)c2nc5c(cc2B4c2ccccc2N3c2ccccc2)B2c3ccccc3N(c3ccccc3)c3cc(N(c4ccccc4)c4ccccc4)cc(c32)N5c2ccccc2)cc1. The van der Waals surface area contributed by atoms with Crippen LogP contribution in [0.4, 0.5) is 103 Å². The molecule has 4 aliphatic heterocycles. The minimum atomic E-state index is -0.210. The summed E-state index contributed by atoms with van der Waals surface area (Å²) in [4.78, 5) is 21.0. The zero-order chi connectivity index (χ0) is 56.7. The van der Waals surface area contributed by atoms with Crippen molar-refractivity contribution in [3.63, 3.8) is 0 Å². The third-order valence-electron chi connectivity index (χ3n) is 17.5. The molecule has 0 atom stereocenters. The van der Waals surface area contributed by atoms with Gasteiger partial charge in [-0.2, -0.15) is 0 Å². The number of rotatable bonds is 10. The fourth-order valence-electron chi connectivity index (χ4n) is 14.0. The normalized spacial score (nSPS) is 13.0. The maximum atomic E-state index is 6.35. The summed E-state index contributed by atoms with van der Waals surface area (Å²) in [5.41, 5.74) is 24.3. The number of para-hydroxylation sites is 10. The van der Waals surface area contributed by atoms with Gasteiger partial charge in [-0.15, -0.1) is 0 Å². The quantitative estimate of drug-likeness (QED) is 0.126. The summed E-state index contributed by atoms with van der Waals surface area (Å²) < 4.78 is 0. The molecule has 0 spiro atoms. The summed E-state index contributed by atoms with van der Waals surface area (Å²) in [6.07, 6.45) is 0. The van der Waals surface area contributed by atoms with E-state index in [2.05, 4.69) is 351 Å². The first kappa shape index (κ1) is 49.3. The van der Waals surface area contributed by atoms with Crippen molar-refractivity contribution in [3.8, 4) is 0 Å². The summed E-state index contributed by atoms with van der Waals surface area (Å²) in [5, 5.41) is 0. The first-order chi connectivity index (χ1) is 42.7. The minimum Gasteiger partial charge on any atom is -0.311 e. The Hall–Kier alpha value is -11.3. The minimum absolute atomic E-state index is 0.210. The average Bonchev–Trinajstić information content (AvgIpc) is 0.707. The van der Waals surface area contributed by atoms with Crippen molar-refractivity contribution in [2.24, 2.45) is 0 Å². The van der Waals surface area contributed by atoms with Crippen molar-refractivity contribution < 1.29 is 0 Å². The summed E-state index contributed by atoms with van der Waals surface area (Å²) in [7, 11) is 0. The molecule has 0 bridgehead atoms. The highest BCUT2D eigenvalue weighted by Gasteiger charge is 2.49. The van der Waals surface area contributed by atoms with Gasteiger partial charge in [0.05, 0.1) is 11.4 Å². The second kappa shape index (κ2) is 20.3. The lowest BCUT2D eigenvalue weighted by Gasteiger charge is -2.47. The van der Waals surface area contributed by atoms with Gasteiger partial charge in [0.25, 0.3) is 13.4 Å². The third kappa shape index (κ3) is 7.82. The van der Waals surface area contributed by atoms with Gasteiger partial charge in [0.1, 0.15) is 11.6 Å². The van der Waals surface area contributed by atoms with Gasteiger partial charge in [0.2, 0.25) is 0 Å². The zero-order valence-corrected chi connectivity index (χ0v) is 46.9. The first-order valence-electron chi connectivity index (χ1n) is 29.5. The highest BCUT2D eigenvalue weighted by atomic mass is 15.3. The van der Waals surface area contributed by atoms with Crippen molar-refractivity contribution >= 4 is 149 Å². The fourth-order valence-corrected chi connectivity index (χ4v) is 14.0. The van der Waals surface area contributed by atoms with Crippen molar-refractivity contribution in [3.05, 3.63) is 322 Å². The topological polar surface area (TPSA) is 32.3 Å². The monoisotopic (exact) mass is 1100 g/mol. The second-order valence-electron chi connectivity index (χ2n) is 22.3. The van der Waals surface area contributed by atoms with E-state index in [9.17, 15) is 0 Å². The Morgan fingerprint density at radius 2 is 0.477 bits per heavy atom. The molecular weight excluding hydrogens is 1040 g/mol. The molecule has 0 unspecified atom stereocenters. The lowest BCUT2D eigenvalue weighted by Crippen LogP contribution is -2.65. The van der Waals surface area contributed by atoms with Gasteiger partial charge in [-0.1, -0.05) is 188 Å². The van der Waals surface area contributed by atoms with E-state index in [0.717, 1.165) is 114 Å². The molecule has 402 valence electrons. The number of benzene rings is 12. The molecule has 0 fully saturated rings. The first-order valence-corrected chi connectivity index (χ1v) is 29.5. The molecule has 0 radical (unpaired) electrons. The average molecular weight is 1100 g/mol. The van der Waals surface area contributed by atoms with Crippen LogP contribution in [0.3, 0.4) is 0 Å². The molecule has 7 nitrogen and oxygen atoms in total. The molecule has 0 N–H and O–H groups in total. The van der Waals surface area contributed by atoms with Crippen molar-refractivity contribution in [1.82, 2.24) is 4.98 Å². The molecule has 17 rings (SSSR count). The number of hydrogen-bond acceptors (Lipinski definition) is 7. The van der Waals surface area contributed by atoms with Crippen molar-refractivity contribution in [2.45, 2.75) is 0 Å². The van der Waals surface area contributed by atoms with Crippen LogP contribution in [0.2, 0.25) is 0 Å². The maximum Gasteiger partial charge on any atom is 0.254 e. The number of nitrogens with zero attached hydrogens (tertiary/aromatic N) is 7. The van der Waals surface area contributed by atoms with Gasteiger partial charge in [0, 0.05) is 79.6 Å². The second-order valence-corrected chi connectivity index (χ2v) is 22.3. The molecule has 13 aromatic rings. The Morgan fingerprint density at radius 1 is 0.221 bits per heavy atom. The smallest absolute Gasteiger partial charge is 0.254 e. The molecule has 0 saturated heterocycles. The summed E-state index contributed by atoms with van der Waals surface area (Å²) >= 11 is 0. The molecule has 12 aromatic carbocycles. The molecule has 5 heterocycles. The van der Waals surface area contributed by atoms with Crippen LogP contribution in [0.15, 0.2) is 322 Å². The standard InChI is InChI=1S/C77H53B2N7/c1-9-29-54(30-10-1)81(55-31-11-2-12-32-55)62-49-70-74-72(51-62)85(60-41-21-7-22-42-60)76-66(78(74)64-45-25-27-47-68(64)83(70)58-37-17-5-18-38-58)53-67-77(80-76)86(61-43-23-8-24-44-61)73-52-63(82(56-33-13-3-14-34-56)57-35-15-4-16-36-57)50-71-75(73)79(67)65-46-26-28-48-69(65)84(71)59-39-19-6-20-40-59/h1-53H. The lowest BCUT2D eigenvalue weighted by atomic mass is 9.30. The van der Waals surface area contributed by atoms with Gasteiger partial charge in [-0.3, -0.25) is 9.80 Å². The van der Waals surface area contributed by atoms with Crippen molar-refractivity contribution in [2.75, 3.05) is 29.4 Å². The third-order valence-corrected chi connectivity index (χ3v) is 17.5. The van der Waals surface area contributed by atoms with Gasteiger partial charge in [0.15, 0.2) is 0 Å². The highest BCUT2D eigenvalue weighted by molar-refractivity contribution is 7.03.